The molecule has 1 heterocycles. The van der Waals surface area contributed by atoms with Crippen LogP contribution in [0.1, 0.15) is 38.5 Å². The molecular formula is C12H26N2O. The van der Waals surface area contributed by atoms with Gasteiger partial charge < -0.3 is 15.7 Å². The van der Waals surface area contributed by atoms with E-state index in [-0.39, 0.29) is 0 Å². The van der Waals surface area contributed by atoms with Crippen LogP contribution in [0.3, 0.4) is 0 Å². The first-order chi connectivity index (χ1) is 7.36. The molecule has 0 saturated carbocycles. The van der Waals surface area contributed by atoms with Crippen molar-refractivity contribution in [2.24, 2.45) is 11.7 Å². The van der Waals surface area contributed by atoms with E-state index >= 15 is 0 Å². The second kappa shape index (κ2) is 8.08. The number of nitrogens with two attached hydrogens (primary N) is 1. The van der Waals surface area contributed by atoms with Gasteiger partial charge in [0.2, 0.25) is 0 Å². The molecule has 15 heavy (non-hydrogen) atoms. The quantitative estimate of drug-likeness (QED) is 0.626. The van der Waals surface area contributed by atoms with Gasteiger partial charge in [-0.1, -0.05) is 12.8 Å². The number of hydrogen-bond acceptors (Lipinski definition) is 3. The summed E-state index contributed by atoms with van der Waals surface area (Å²) in [6.45, 7) is 4.71. The van der Waals surface area contributed by atoms with E-state index in [1.165, 1.54) is 45.2 Å². The van der Waals surface area contributed by atoms with E-state index in [0.29, 0.717) is 6.61 Å². The number of piperidine rings is 1. The molecule has 1 saturated heterocycles. The van der Waals surface area contributed by atoms with Crippen LogP contribution < -0.4 is 5.73 Å². The smallest absolute Gasteiger partial charge is 0.0443 e. The van der Waals surface area contributed by atoms with Crippen LogP contribution in [0.15, 0.2) is 0 Å². The van der Waals surface area contributed by atoms with Gasteiger partial charge in [0.15, 0.2) is 0 Å². The van der Waals surface area contributed by atoms with E-state index in [4.69, 9.17) is 10.8 Å². The summed E-state index contributed by atoms with van der Waals surface area (Å²) in [5, 5.41) is 8.75. The Morgan fingerprint density at radius 3 is 2.47 bits per heavy atom. The number of rotatable bonds is 7. The van der Waals surface area contributed by atoms with E-state index in [2.05, 4.69) is 4.90 Å². The minimum Gasteiger partial charge on any atom is -0.396 e. The molecular weight excluding hydrogens is 188 g/mol. The zero-order valence-corrected chi connectivity index (χ0v) is 9.83. The van der Waals surface area contributed by atoms with Gasteiger partial charge in [-0.2, -0.15) is 0 Å². The fourth-order valence-electron chi connectivity index (χ4n) is 2.37. The third kappa shape index (κ3) is 5.50. The van der Waals surface area contributed by atoms with Crippen LogP contribution in [0.2, 0.25) is 0 Å². The van der Waals surface area contributed by atoms with Gasteiger partial charge in [-0.05, 0) is 51.2 Å². The van der Waals surface area contributed by atoms with Crippen LogP contribution in [0.5, 0.6) is 0 Å². The summed E-state index contributed by atoms with van der Waals surface area (Å²) in [4.78, 5) is 2.48. The van der Waals surface area contributed by atoms with Crippen molar-refractivity contribution in [2.75, 3.05) is 32.8 Å². The van der Waals surface area contributed by atoms with Gasteiger partial charge in [0.1, 0.15) is 0 Å². The van der Waals surface area contributed by atoms with Gasteiger partial charge in [-0.3, -0.25) is 0 Å². The number of aliphatic hydroxyl groups excluding tert-OH is 1. The first-order valence-electron chi connectivity index (χ1n) is 6.40. The van der Waals surface area contributed by atoms with Gasteiger partial charge >= 0.3 is 0 Å². The molecule has 1 rings (SSSR count). The normalized spacial score (nSPS) is 19.6. The van der Waals surface area contributed by atoms with Crippen molar-refractivity contribution in [3.05, 3.63) is 0 Å². The molecule has 3 nitrogen and oxygen atoms in total. The van der Waals surface area contributed by atoms with Crippen molar-refractivity contribution in [1.82, 2.24) is 4.90 Å². The molecule has 0 unspecified atom stereocenters. The average molecular weight is 214 g/mol. The highest BCUT2D eigenvalue weighted by Crippen LogP contribution is 2.22. The van der Waals surface area contributed by atoms with Crippen LogP contribution in [-0.2, 0) is 0 Å². The molecule has 0 atom stereocenters. The molecule has 0 aromatic heterocycles. The highest BCUT2D eigenvalue weighted by Gasteiger charge is 2.17. The zero-order chi connectivity index (χ0) is 10.9. The Balaban J connectivity index is 2.02. The average Bonchev–Trinajstić information content (AvgIpc) is 2.28. The molecule has 0 aromatic carbocycles. The third-order valence-electron chi connectivity index (χ3n) is 3.41. The number of hydrogen-bond donors (Lipinski definition) is 2. The summed E-state index contributed by atoms with van der Waals surface area (Å²) in [7, 11) is 0. The van der Waals surface area contributed by atoms with E-state index in [9.17, 15) is 0 Å². The second-order valence-electron chi connectivity index (χ2n) is 4.65. The van der Waals surface area contributed by atoms with E-state index in [1.54, 1.807) is 0 Å². The maximum atomic E-state index is 8.75. The first kappa shape index (κ1) is 12.9. The molecule has 0 bridgehead atoms. The number of unbranched alkanes of at least 4 members (excludes halogenated alkanes) is 1. The molecule has 3 heteroatoms. The van der Waals surface area contributed by atoms with E-state index in [0.717, 1.165) is 25.4 Å². The maximum Gasteiger partial charge on any atom is 0.0443 e. The first-order valence-corrected chi connectivity index (χ1v) is 6.40. The van der Waals surface area contributed by atoms with Gasteiger partial charge in [-0.15, -0.1) is 0 Å². The third-order valence-corrected chi connectivity index (χ3v) is 3.41. The molecule has 0 amide bonds. The molecule has 1 aliphatic heterocycles. The largest absolute Gasteiger partial charge is 0.396 e. The minimum absolute atomic E-state index is 0.330. The van der Waals surface area contributed by atoms with Crippen molar-refractivity contribution >= 4 is 0 Å². The number of aliphatic hydroxyl groups is 1. The van der Waals surface area contributed by atoms with Crippen LogP contribution in [-0.4, -0.2) is 42.8 Å². The van der Waals surface area contributed by atoms with Gasteiger partial charge in [0, 0.05) is 13.2 Å². The molecule has 0 radical (unpaired) electrons. The Labute approximate surface area is 93.6 Å². The summed E-state index contributed by atoms with van der Waals surface area (Å²) < 4.78 is 0. The van der Waals surface area contributed by atoms with Crippen molar-refractivity contribution in [2.45, 2.75) is 38.5 Å². The van der Waals surface area contributed by atoms with E-state index in [1.807, 2.05) is 0 Å². The number of nitrogens with zero attached hydrogens (tertiary/aromatic N) is 1. The minimum atomic E-state index is 0.330. The summed E-state index contributed by atoms with van der Waals surface area (Å²) in [5.41, 5.74) is 5.49. The summed E-state index contributed by atoms with van der Waals surface area (Å²) >= 11 is 0. The molecule has 0 spiro atoms. The van der Waals surface area contributed by atoms with Gasteiger partial charge in [-0.25, -0.2) is 0 Å². The monoisotopic (exact) mass is 214 g/mol. The standard InChI is InChI=1S/C12H26N2O/c13-7-2-1-4-12-5-9-14(10-6-12)8-3-11-15/h12,15H,1-11,13H2. The lowest BCUT2D eigenvalue weighted by Crippen LogP contribution is -2.34. The Kier molecular flexibility index (Phi) is 6.98. The van der Waals surface area contributed by atoms with Crippen LogP contribution in [0, 0.1) is 5.92 Å². The predicted molar refractivity (Wildman–Crippen MR) is 63.8 cm³/mol. The van der Waals surface area contributed by atoms with Crippen LogP contribution >= 0.6 is 0 Å². The Morgan fingerprint density at radius 1 is 1.13 bits per heavy atom. The lowest BCUT2D eigenvalue weighted by molar-refractivity contribution is 0.162. The highest BCUT2D eigenvalue weighted by molar-refractivity contribution is 4.72. The van der Waals surface area contributed by atoms with E-state index < -0.39 is 0 Å². The fraction of sp³-hybridized carbons (Fsp3) is 1.00. The molecule has 90 valence electrons. The summed E-state index contributed by atoms with van der Waals surface area (Å²) in [5.74, 6) is 0.932. The predicted octanol–water partition coefficient (Wildman–Crippen LogP) is 1.21. The molecule has 1 fully saturated rings. The Bertz CT molecular complexity index is 145. The lowest BCUT2D eigenvalue weighted by Gasteiger charge is -2.31. The topological polar surface area (TPSA) is 49.5 Å². The lowest BCUT2D eigenvalue weighted by atomic mass is 9.91. The van der Waals surface area contributed by atoms with Gasteiger partial charge in [0.05, 0.1) is 0 Å². The molecule has 0 aromatic rings. The molecule has 0 aliphatic carbocycles. The van der Waals surface area contributed by atoms with Crippen LogP contribution in [0.25, 0.3) is 0 Å². The highest BCUT2D eigenvalue weighted by atomic mass is 16.3. The summed E-state index contributed by atoms with van der Waals surface area (Å²) in [6.07, 6.45) is 7.47. The summed E-state index contributed by atoms with van der Waals surface area (Å²) in [6, 6.07) is 0. The van der Waals surface area contributed by atoms with Crippen molar-refractivity contribution in [3.63, 3.8) is 0 Å². The van der Waals surface area contributed by atoms with Crippen molar-refractivity contribution in [1.29, 1.82) is 0 Å². The van der Waals surface area contributed by atoms with Crippen LogP contribution in [0.4, 0.5) is 0 Å². The Morgan fingerprint density at radius 2 is 1.87 bits per heavy atom. The SMILES string of the molecule is NCCCCC1CCN(CCCO)CC1. The molecule has 3 N–H and O–H groups in total. The second-order valence-corrected chi connectivity index (χ2v) is 4.65. The molecule has 1 aliphatic rings. The van der Waals surface area contributed by atoms with Crippen molar-refractivity contribution in [3.8, 4) is 0 Å². The number of likely N-dealkylation sites (tertiary alicyclic amines) is 1. The maximum absolute atomic E-state index is 8.75. The fourth-order valence-corrected chi connectivity index (χ4v) is 2.37. The Hall–Kier alpha value is -0.120. The zero-order valence-electron chi connectivity index (χ0n) is 9.83. The van der Waals surface area contributed by atoms with Gasteiger partial charge in [0.25, 0.3) is 0 Å². The van der Waals surface area contributed by atoms with Crippen molar-refractivity contribution < 1.29 is 5.11 Å².